The Kier molecular flexibility index (Phi) is 3.94. The fourth-order valence-corrected chi connectivity index (χ4v) is 2.94. The summed E-state index contributed by atoms with van der Waals surface area (Å²) in [5, 5.41) is 10.4. The highest BCUT2D eigenvalue weighted by Gasteiger charge is 2.45. The molecule has 1 saturated carbocycles. The van der Waals surface area contributed by atoms with Crippen LogP contribution in [0.5, 0.6) is 0 Å². The molecule has 1 aliphatic carbocycles. The van der Waals surface area contributed by atoms with E-state index in [4.69, 9.17) is 10.5 Å². The Bertz CT molecular complexity index is 304. The van der Waals surface area contributed by atoms with E-state index < -0.39 is 5.60 Å². The van der Waals surface area contributed by atoms with Crippen molar-refractivity contribution in [3.05, 3.63) is 0 Å². The standard InChI is InChI=1S/C13H24N2O3/c1-15(10-13(17)5-7-18-8-6-13)11(16)12(9-14)3-2-4-12/h17H,2-10,14H2,1H3. The first kappa shape index (κ1) is 13.8. The molecule has 1 amide bonds. The van der Waals surface area contributed by atoms with Crippen molar-refractivity contribution >= 4 is 5.91 Å². The van der Waals surface area contributed by atoms with Gasteiger partial charge in [0.05, 0.1) is 11.0 Å². The number of amides is 1. The van der Waals surface area contributed by atoms with Crippen molar-refractivity contribution in [1.29, 1.82) is 0 Å². The van der Waals surface area contributed by atoms with Crippen LogP contribution in [0, 0.1) is 5.41 Å². The van der Waals surface area contributed by atoms with E-state index in [-0.39, 0.29) is 11.3 Å². The zero-order valence-electron chi connectivity index (χ0n) is 11.2. The number of rotatable bonds is 4. The van der Waals surface area contributed by atoms with Crippen LogP contribution in [0.1, 0.15) is 32.1 Å². The number of hydrogen-bond donors (Lipinski definition) is 2. The second kappa shape index (κ2) is 5.15. The van der Waals surface area contributed by atoms with Gasteiger partial charge in [-0.1, -0.05) is 6.42 Å². The molecule has 0 radical (unpaired) electrons. The fraction of sp³-hybridized carbons (Fsp3) is 0.923. The van der Waals surface area contributed by atoms with Gasteiger partial charge in [0.1, 0.15) is 0 Å². The lowest BCUT2D eigenvalue weighted by molar-refractivity contribution is -0.151. The van der Waals surface area contributed by atoms with E-state index in [1.165, 1.54) is 0 Å². The van der Waals surface area contributed by atoms with Crippen molar-refractivity contribution in [3.63, 3.8) is 0 Å². The Labute approximate surface area is 108 Å². The summed E-state index contributed by atoms with van der Waals surface area (Å²) in [7, 11) is 1.77. The third-order valence-electron chi connectivity index (χ3n) is 4.46. The second-order valence-corrected chi connectivity index (χ2v) is 5.84. The summed E-state index contributed by atoms with van der Waals surface area (Å²) in [6, 6.07) is 0. The molecule has 104 valence electrons. The van der Waals surface area contributed by atoms with Gasteiger partial charge in [-0.3, -0.25) is 4.79 Å². The molecule has 0 aromatic rings. The molecular weight excluding hydrogens is 232 g/mol. The largest absolute Gasteiger partial charge is 0.388 e. The van der Waals surface area contributed by atoms with Gasteiger partial charge in [-0.05, 0) is 12.8 Å². The van der Waals surface area contributed by atoms with Gasteiger partial charge < -0.3 is 20.5 Å². The van der Waals surface area contributed by atoms with Crippen molar-refractivity contribution in [2.45, 2.75) is 37.7 Å². The number of carbonyl (C=O) groups excluding carboxylic acids is 1. The molecule has 2 aliphatic rings. The van der Waals surface area contributed by atoms with Gasteiger partial charge in [0, 0.05) is 46.2 Å². The molecule has 0 aromatic heterocycles. The van der Waals surface area contributed by atoms with Crippen molar-refractivity contribution in [1.82, 2.24) is 4.90 Å². The number of aliphatic hydroxyl groups is 1. The quantitative estimate of drug-likeness (QED) is 0.749. The van der Waals surface area contributed by atoms with Crippen LogP contribution in [-0.4, -0.2) is 54.9 Å². The average Bonchev–Trinajstić information content (AvgIpc) is 2.28. The Hall–Kier alpha value is -0.650. The first-order chi connectivity index (χ1) is 8.51. The minimum Gasteiger partial charge on any atom is -0.388 e. The lowest BCUT2D eigenvalue weighted by Crippen LogP contribution is -2.55. The molecular formula is C13H24N2O3. The molecule has 0 unspecified atom stereocenters. The first-order valence-electron chi connectivity index (χ1n) is 6.77. The number of ether oxygens (including phenoxy) is 1. The van der Waals surface area contributed by atoms with Crippen LogP contribution in [0.25, 0.3) is 0 Å². The van der Waals surface area contributed by atoms with Crippen LogP contribution >= 0.6 is 0 Å². The zero-order valence-corrected chi connectivity index (χ0v) is 11.2. The molecule has 0 aromatic carbocycles. The lowest BCUT2D eigenvalue weighted by atomic mass is 9.67. The van der Waals surface area contributed by atoms with Crippen LogP contribution in [0.15, 0.2) is 0 Å². The third-order valence-corrected chi connectivity index (χ3v) is 4.46. The van der Waals surface area contributed by atoms with Crippen LogP contribution in [0.4, 0.5) is 0 Å². The predicted octanol–water partition coefficient (Wildman–Crippen LogP) is 0.115. The Balaban J connectivity index is 1.94. The molecule has 18 heavy (non-hydrogen) atoms. The molecule has 0 spiro atoms. The molecule has 3 N–H and O–H groups in total. The molecule has 2 rings (SSSR count). The van der Waals surface area contributed by atoms with E-state index in [0.717, 1.165) is 19.3 Å². The predicted molar refractivity (Wildman–Crippen MR) is 68.0 cm³/mol. The summed E-state index contributed by atoms with van der Waals surface area (Å²) in [4.78, 5) is 14.1. The topological polar surface area (TPSA) is 75.8 Å². The van der Waals surface area contributed by atoms with Gasteiger partial charge in [0.2, 0.25) is 5.91 Å². The van der Waals surface area contributed by atoms with E-state index in [1.807, 2.05) is 0 Å². The van der Waals surface area contributed by atoms with Crippen molar-refractivity contribution in [3.8, 4) is 0 Å². The van der Waals surface area contributed by atoms with Gasteiger partial charge in [-0.2, -0.15) is 0 Å². The molecule has 0 atom stereocenters. The average molecular weight is 256 g/mol. The van der Waals surface area contributed by atoms with Gasteiger partial charge in [-0.25, -0.2) is 0 Å². The number of nitrogens with zero attached hydrogens (tertiary/aromatic N) is 1. The minimum atomic E-state index is -0.789. The summed E-state index contributed by atoms with van der Waals surface area (Å²) < 4.78 is 5.24. The van der Waals surface area contributed by atoms with E-state index in [2.05, 4.69) is 0 Å². The summed E-state index contributed by atoms with van der Waals surface area (Å²) in [5.41, 5.74) is 4.60. The molecule has 0 bridgehead atoms. The first-order valence-corrected chi connectivity index (χ1v) is 6.77. The molecule has 1 aliphatic heterocycles. The van der Waals surface area contributed by atoms with Crippen LogP contribution in [0.2, 0.25) is 0 Å². The summed E-state index contributed by atoms with van der Waals surface area (Å²) in [5.74, 6) is 0.0937. The second-order valence-electron chi connectivity index (χ2n) is 5.84. The summed E-state index contributed by atoms with van der Waals surface area (Å²) in [6.45, 7) is 1.94. The Morgan fingerprint density at radius 2 is 1.94 bits per heavy atom. The van der Waals surface area contributed by atoms with Crippen LogP contribution < -0.4 is 5.73 Å². The highest BCUT2D eigenvalue weighted by molar-refractivity contribution is 5.83. The van der Waals surface area contributed by atoms with Crippen molar-refractivity contribution < 1.29 is 14.6 Å². The van der Waals surface area contributed by atoms with Crippen LogP contribution in [0.3, 0.4) is 0 Å². The van der Waals surface area contributed by atoms with Gasteiger partial charge >= 0.3 is 0 Å². The number of hydrogen-bond acceptors (Lipinski definition) is 4. The summed E-state index contributed by atoms with van der Waals surface area (Å²) >= 11 is 0. The lowest BCUT2D eigenvalue weighted by Gasteiger charge is -2.44. The highest BCUT2D eigenvalue weighted by atomic mass is 16.5. The number of likely N-dealkylation sites (N-methyl/N-ethyl adjacent to an activating group) is 1. The highest BCUT2D eigenvalue weighted by Crippen LogP contribution is 2.41. The maximum atomic E-state index is 12.4. The molecule has 1 heterocycles. The summed E-state index contributed by atoms with van der Waals surface area (Å²) in [6.07, 6.45) is 4.04. The van der Waals surface area contributed by atoms with Gasteiger partial charge in [0.15, 0.2) is 0 Å². The van der Waals surface area contributed by atoms with E-state index >= 15 is 0 Å². The molecule has 1 saturated heterocycles. The SMILES string of the molecule is CN(CC1(O)CCOCC1)C(=O)C1(CN)CCC1. The Morgan fingerprint density at radius 3 is 2.39 bits per heavy atom. The van der Waals surface area contributed by atoms with E-state index in [0.29, 0.717) is 39.1 Å². The number of carbonyl (C=O) groups is 1. The van der Waals surface area contributed by atoms with Crippen molar-refractivity contribution in [2.75, 3.05) is 33.4 Å². The smallest absolute Gasteiger partial charge is 0.229 e. The van der Waals surface area contributed by atoms with Gasteiger partial charge in [0.25, 0.3) is 0 Å². The van der Waals surface area contributed by atoms with E-state index in [1.54, 1.807) is 11.9 Å². The van der Waals surface area contributed by atoms with Gasteiger partial charge in [-0.15, -0.1) is 0 Å². The fourth-order valence-electron chi connectivity index (χ4n) is 2.94. The van der Waals surface area contributed by atoms with Crippen LogP contribution in [-0.2, 0) is 9.53 Å². The zero-order chi connectivity index (χ0) is 13.2. The van der Waals surface area contributed by atoms with Crippen molar-refractivity contribution in [2.24, 2.45) is 11.1 Å². The molecule has 5 nitrogen and oxygen atoms in total. The third kappa shape index (κ3) is 2.53. The van der Waals surface area contributed by atoms with E-state index in [9.17, 15) is 9.90 Å². The maximum absolute atomic E-state index is 12.4. The Morgan fingerprint density at radius 1 is 1.33 bits per heavy atom. The number of nitrogens with two attached hydrogens (primary N) is 1. The molecule has 2 fully saturated rings. The normalized spacial score (nSPS) is 25.3. The maximum Gasteiger partial charge on any atom is 0.229 e. The minimum absolute atomic E-state index is 0.0937. The monoisotopic (exact) mass is 256 g/mol. The molecule has 5 heteroatoms.